The van der Waals surface area contributed by atoms with Crippen molar-refractivity contribution in [1.29, 1.82) is 0 Å². The van der Waals surface area contributed by atoms with Crippen molar-refractivity contribution in [2.75, 3.05) is 31.2 Å². The fourth-order valence-electron chi connectivity index (χ4n) is 3.34. The van der Waals surface area contributed by atoms with Crippen LogP contribution in [0.3, 0.4) is 0 Å². The van der Waals surface area contributed by atoms with Crippen LogP contribution in [0.1, 0.15) is 23.3 Å². The highest BCUT2D eigenvalue weighted by Crippen LogP contribution is 2.37. The Morgan fingerprint density at radius 3 is 2.57 bits per heavy atom. The van der Waals surface area contributed by atoms with E-state index < -0.39 is 0 Å². The van der Waals surface area contributed by atoms with Crippen molar-refractivity contribution in [3.63, 3.8) is 0 Å². The van der Waals surface area contributed by atoms with Gasteiger partial charge in [-0.15, -0.1) is 10.2 Å². The third kappa shape index (κ3) is 4.31. The third-order valence-electron chi connectivity index (χ3n) is 5.04. The fraction of sp³-hybridized carbons (Fsp3) is 0.333. The molecule has 0 N–H and O–H groups in total. The number of hydrogen-bond acceptors (Lipinski definition) is 7. The zero-order valence-corrected chi connectivity index (χ0v) is 17.7. The maximum absolute atomic E-state index is 11.1. The molecular formula is C21H23N5O3S. The van der Waals surface area contributed by atoms with Gasteiger partial charge in [-0.05, 0) is 31.5 Å². The minimum atomic E-state index is -0.369. The van der Waals surface area contributed by atoms with E-state index in [9.17, 15) is 10.1 Å². The first kappa shape index (κ1) is 20.4. The molecule has 1 fully saturated rings. The molecule has 1 aromatic heterocycles. The number of non-ortho nitro benzene ring substituents is 1. The molecule has 1 aliphatic rings. The van der Waals surface area contributed by atoms with Gasteiger partial charge < -0.3 is 9.64 Å². The molecule has 0 aliphatic carbocycles. The lowest BCUT2D eigenvalue weighted by Gasteiger charge is -2.28. The second-order valence-corrected chi connectivity index (χ2v) is 8.47. The van der Waals surface area contributed by atoms with Crippen LogP contribution >= 0.6 is 11.8 Å². The van der Waals surface area contributed by atoms with Gasteiger partial charge in [0.05, 0.1) is 23.8 Å². The highest BCUT2D eigenvalue weighted by molar-refractivity contribution is 7.99. The van der Waals surface area contributed by atoms with Crippen molar-refractivity contribution in [3.8, 4) is 5.69 Å². The second-order valence-electron chi connectivity index (χ2n) is 7.17. The van der Waals surface area contributed by atoms with E-state index in [-0.39, 0.29) is 15.9 Å². The number of benzene rings is 2. The van der Waals surface area contributed by atoms with E-state index >= 15 is 0 Å². The first-order valence-corrected chi connectivity index (χ1v) is 10.7. The SMILES string of the molecule is Cc1ccc(-n2c(SC(C)c3cccc([N+](=O)[O-])c3)nnc2N2CCOCC2)cc1. The van der Waals surface area contributed by atoms with Gasteiger partial charge in [-0.25, -0.2) is 0 Å². The summed E-state index contributed by atoms with van der Waals surface area (Å²) >= 11 is 1.54. The molecule has 9 heteroatoms. The van der Waals surface area contributed by atoms with Crippen molar-refractivity contribution < 1.29 is 9.66 Å². The minimum Gasteiger partial charge on any atom is -0.378 e. The summed E-state index contributed by atoms with van der Waals surface area (Å²) in [7, 11) is 0. The standard InChI is InChI=1S/C21H23N5O3S/c1-15-6-8-18(9-7-15)25-20(24-10-12-29-13-11-24)22-23-21(25)30-16(2)17-4-3-5-19(14-17)26(27)28/h3-9,14,16H,10-13H2,1-2H3. The largest absolute Gasteiger partial charge is 0.378 e. The zero-order valence-electron chi connectivity index (χ0n) is 16.9. The summed E-state index contributed by atoms with van der Waals surface area (Å²) in [6.45, 7) is 6.91. The third-order valence-corrected chi connectivity index (χ3v) is 6.14. The van der Waals surface area contributed by atoms with Crippen molar-refractivity contribution in [1.82, 2.24) is 14.8 Å². The summed E-state index contributed by atoms with van der Waals surface area (Å²) in [6, 6.07) is 15.0. The monoisotopic (exact) mass is 425 g/mol. The Hall–Kier alpha value is -2.91. The number of aromatic nitrogens is 3. The van der Waals surface area contributed by atoms with Gasteiger partial charge >= 0.3 is 0 Å². The fourth-order valence-corrected chi connectivity index (χ4v) is 4.32. The summed E-state index contributed by atoms with van der Waals surface area (Å²) in [5.74, 6) is 0.788. The molecule has 3 aromatic rings. The zero-order chi connectivity index (χ0) is 21.1. The number of rotatable bonds is 6. The van der Waals surface area contributed by atoms with E-state index in [1.165, 1.54) is 23.4 Å². The Kier molecular flexibility index (Phi) is 6.01. The summed E-state index contributed by atoms with van der Waals surface area (Å²) in [4.78, 5) is 12.9. The average Bonchev–Trinajstić information content (AvgIpc) is 3.18. The number of thioether (sulfide) groups is 1. The number of aryl methyl sites for hydroxylation is 1. The molecule has 0 radical (unpaired) electrons. The molecule has 0 spiro atoms. The molecule has 1 unspecified atom stereocenters. The van der Waals surface area contributed by atoms with Crippen LogP contribution < -0.4 is 4.90 Å². The smallest absolute Gasteiger partial charge is 0.269 e. The van der Waals surface area contributed by atoms with E-state index in [0.29, 0.717) is 13.2 Å². The highest BCUT2D eigenvalue weighted by atomic mass is 32.2. The van der Waals surface area contributed by atoms with Crippen LogP contribution in [-0.2, 0) is 4.74 Å². The van der Waals surface area contributed by atoms with Gasteiger partial charge in [0.1, 0.15) is 0 Å². The van der Waals surface area contributed by atoms with Gasteiger partial charge in [-0.2, -0.15) is 0 Å². The van der Waals surface area contributed by atoms with Crippen LogP contribution in [0.25, 0.3) is 5.69 Å². The molecule has 0 saturated carbocycles. The molecule has 30 heavy (non-hydrogen) atoms. The topological polar surface area (TPSA) is 86.3 Å². The molecule has 0 amide bonds. The van der Waals surface area contributed by atoms with E-state index in [0.717, 1.165) is 35.4 Å². The van der Waals surface area contributed by atoms with Crippen molar-refractivity contribution in [2.24, 2.45) is 0 Å². The predicted molar refractivity (Wildman–Crippen MR) is 116 cm³/mol. The molecular weight excluding hydrogens is 402 g/mol. The first-order chi connectivity index (χ1) is 14.5. The van der Waals surface area contributed by atoms with E-state index in [2.05, 4.69) is 50.9 Å². The summed E-state index contributed by atoms with van der Waals surface area (Å²) < 4.78 is 7.54. The molecule has 156 valence electrons. The summed E-state index contributed by atoms with van der Waals surface area (Å²) in [5, 5.41) is 20.8. The Labute approximate surface area is 179 Å². The lowest BCUT2D eigenvalue weighted by Crippen LogP contribution is -2.37. The van der Waals surface area contributed by atoms with Gasteiger partial charge in [-0.3, -0.25) is 14.7 Å². The number of nitro benzene ring substituents is 1. The van der Waals surface area contributed by atoms with E-state index in [4.69, 9.17) is 4.74 Å². The first-order valence-electron chi connectivity index (χ1n) is 9.79. The second kappa shape index (κ2) is 8.85. The van der Waals surface area contributed by atoms with Crippen LogP contribution in [0.15, 0.2) is 53.7 Å². The van der Waals surface area contributed by atoms with E-state index in [1.54, 1.807) is 12.1 Å². The minimum absolute atomic E-state index is 0.0316. The number of morpholine rings is 1. The molecule has 8 nitrogen and oxygen atoms in total. The Morgan fingerprint density at radius 2 is 1.87 bits per heavy atom. The Morgan fingerprint density at radius 1 is 1.13 bits per heavy atom. The van der Waals surface area contributed by atoms with Crippen molar-refractivity contribution >= 4 is 23.4 Å². The maximum Gasteiger partial charge on any atom is 0.269 e. The van der Waals surface area contributed by atoms with Gasteiger partial charge in [-0.1, -0.05) is 41.6 Å². The molecule has 1 atom stereocenters. The number of nitro groups is 1. The summed E-state index contributed by atoms with van der Waals surface area (Å²) in [6.07, 6.45) is 0. The molecule has 1 saturated heterocycles. The molecule has 2 aromatic carbocycles. The van der Waals surface area contributed by atoms with Gasteiger partial charge in [0, 0.05) is 30.5 Å². The maximum atomic E-state index is 11.1. The molecule has 1 aliphatic heterocycles. The van der Waals surface area contributed by atoms with Crippen LogP contribution in [0.5, 0.6) is 0 Å². The normalized spacial score (nSPS) is 15.2. The van der Waals surface area contributed by atoms with Gasteiger partial charge in [0.15, 0.2) is 5.16 Å². The Balaban J connectivity index is 1.68. The lowest BCUT2D eigenvalue weighted by molar-refractivity contribution is -0.384. The summed E-state index contributed by atoms with van der Waals surface area (Å²) in [5.41, 5.74) is 3.13. The average molecular weight is 426 g/mol. The molecule has 0 bridgehead atoms. The van der Waals surface area contributed by atoms with Crippen LogP contribution in [0.2, 0.25) is 0 Å². The van der Waals surface area contributed by atoms with Gasteiger partial charge in [0.25, 0.3) is 5.69 Å². The van der Waals surface area contributed by atoms with Crippen LogP contribution in [0.4, 0.5) is 11.6 Å². The highest BCUT2D eigenvalue weighted by Gasteiger charge is 2.23. The predicted octanol–water partition coefficient (Wildman–Crippen LogP) is 4.17. The molecule has 2 heterocycles. The lowest BCUT2D eigenvalue weighted by atomic mass is 10.1. The van der Waals surface area contributed by atoms with Crippen LogP contribution in [-0.4, -0.2) is 46.0 Å². The van der Waals surface area contributed by atoms with Crippen molar-refractivity contribution in [3.05, 3.63) is 69.8 Å². The quantitative estimate of drug-likeness (QED) is 0.333. The number of ether oxygens (including phenoxy) is 1. The Bertz CT molecular complexity index is 1030. The molecule has 4 rings (SSSR count). The number of anilines is 1. The van der Waals surface area contributed by atoms with Gasteiger partial charge in [0.2, 0.25) is 5.95 Å². The number of nitrogens with zero attached hydrogens (tertiary/aromatic N) is 5. The number of hydrogen-bond donors (Lipinski definition) is 0. The van der Waals surface area contributed by atoms with Crippen LogP contribution in [0, 0.1) is 17.0 Å². The van der Waals surface area contributed by atoms with Crippen molar-refractivity contribution in [2.45, 2.75) is 24.3 Å². The van der Waals surface area contributed by atoms with E-state index in [1.807, 2.05) is 13.0 Å².